The molecule has 1 aliphatic heterocycles. The molecule has 0 unspecified atom stereocenters. The van der Waals surface area contributed by atoms with Crippen LogP contribution in [-0.2, 0) is 17.8 Å². The summed E-state index contributed by atoms with van der Waals surface area (Å²) in [6.07, 6.45) is 1.15. The highest BCUT2D eigenvalue weighted by Gasteiger charge is 2.10. The lowest BCUT2D eigenvalue weighted by molar-refractivity contribution is 0.0342. The van der Waals surface area contributed by atoms with Gasteiger partial charge in [0.15, 0.2) is 5.96 Å². The predicted molar refractivity (Wildman–Crippen MR) is 120 cm³/mol. The number of benzene rings is 1. The first-order valence-corrected chi connectivity index (χ1v) is 9.57. The van der Waals surface area contributed by atoms with Crippen LogP contribution < -0.4 is 10.6 Å². The molecule has 1 aromatic carbocycles. The van der Waals surface area contributed by atoms with E-state index in [2.05, 4.69) is 60.6 Å². The number of morpholine rings is 1. The fraction of sp³-hybridized carbons (Fsp3) is 0.650. The van der Waals surface area contributed by atoms with Gasteiger partial charge in [0.2, 0.25) is 0 Å². The maximum Gasteiger partial charge on any atom is 0.191 e. The molecule has 1 fully saturated rings. The molecule has 0 amide bonds. The Morgan fingerprint density at radius 1 is 1.12 bits per heavy atom. The van der Waals surface area contributed by atoms with Gasteiger partial charge in [-0.05, 0) is 30.4 Å². The van der Waals surface area contributed by atoms with Crippen LogP contribution in [0.2, 0.25) is 0 Å². The van der Waals surface area contributed by atoms with Crippen molar-refractivity contribution < 1.29 is 4.74 Å². The SMILES string of the molecule is CCNC(=NCc1ccc(CN2CCOCC2)cc1)NCCC(C)C.I. The number of hydrogen-bond acceptors (Lipinski definition) is 3. The Balaban J connectivity index is 0.00000338. The number of rotatable bonds is 8. The summed E-state index contributed by atoms with van der Waals surface area (Å²) in [4.78, 5) is 7.14. The predicted octanol–water partition coefficient (Wildman–Crippen LogP) is 3.24. The Kier molecular flexibility index (Phi) is 11.9. The molecule has 0 aromatic heterocycles. The first-order valence-electron chi connectivity index (χ1n) is 9.57. The number of nitrogens with zero attached hydrogens (tertiary/aromatic N) is 2. The molecule has 0 saturated carbocycles. The van der Waals surface area contributed by atoms with Gasteiger partial charge in [-0.2, -0.15) is 0 Å². The molecule has 1 aliphatic rings. The van der Waals surface area contributed by atoms with Gasteiger partial charge in [0, 0.05) is 32.7 Å². The minimum atomic E-state index is 0. The molecule has 0 bridgehead atoms. The zero-order valence-electron chi connectivity index (χ0n) is 16.5. The first-order chi connectivity index (χ1) is 12.2. The lowest BCUT2D eigenvalue weighted by Gasteiger charge is -2.26. The number of hydrogen-bond donors (Lipinski definition) is 2. The minimum absolute atomic E-state index is 0. The Bertz CT molecular complexity index is 513. The van der Waals surface area contributed by atoms with E-state index in [-0.39, 0.29) is 24.0 Å². The van der Waals surface area contributed by atoms with Crippen LogP contribution in [0.3, 0.4) is 0 Å². The highest BCUT2D eigenvalue weighted by molar-refractivity contribution is 14.0. The Morgan fingerprint density at radius 2 is 1.77 bits per heavy atom. The molecule has 5 nitrogen and oxygen atoms in total. The van der Waals surface area contributed by atoms with Crippen molar-refractivity contribution in [2.75, 3.05) is 39.4 Å². The quantitative estimate of drug-likeness (QED) is 0.345. The molecule has 2 N–H and O–H groups in total. The topological polar surface area (TPSA) is 48.9 Å². The Morgan fingerprint density at radius 3 is 2.38 bits per heavy atom. The summed E-state index contributed by atoms with van der Waals surface area (Å²) in [5.41, 5.74) is 2.60. The summed E-state index contributed by atoms with van der Waals surface area (Å²) >= 11 is 0. The van der Waals surface area contributed by atoms with Crippen LogP contribution in [0.4, 0.5) is 0 Å². The van der Waals surface area contributed by atoms with Crippen molar-refractivity contribution in [3.63, 3.8) is 0 Å². The maximum absolute atomic E-state index is 5.40. The van der Waals surface area contributed by atoms with Gasteiger partial charge in [0.1, 0.15) is 0 Å². The summed E-state index contributed by atoms with van der Waals surface area (Å²) < 4.78 is 5.40. The van der Waals surface area contributed by atoms with E-state index in [1.807, 2.05) is 0 Å². The van der Waals surface area contributed by atoms with Gasteiger partial charge in [-0.25, -0.2) is 4.99 Å². The number of nitrogens with one attached hydrogen (secondary N) is 2. The number of guanidine groups is 1. The van der Waals surface area contributed by atoms with Crippen LogP contribution in [0.15, 0.2) is 29.3 Å². The van der Waals surface area contributed by atoms with E-state index in [9.17, 15) is 0 Å². The van der Waals surface area contributed by atoms with Crippen molar-refractivity contribution in [3.8, 4) is 0 Å². The molecule has 0 radical (unpaired) electrons. The van der Waals surface area contributed by atoms with E-state index >= 15 is 0 Å². The molecule has 26 heavy (non-hydrogen) atoms. The molecule has 148 valence electrons. The van der Waals surface area contributed by atoms with Crippen molar-refractivity contribution in [2.45, 2.75) is 40.3 Å². The van der Waals surface area contributed by atoms with Crippen LogP contribution in [0.1, 0.15) is 38.3 Å². The van der Waals surface area contributed by atoms with E-state index in [0.717, 1.165) is 58.3 Å². The summed E-state index contributed by atoms with van der Waals surface area (Å²) in [7, 11) is 0. The van der Waals surface area contributed by atoms with Gasteiger partial charge >= 0.3 is 0 Å². The van der Waals surface area contributed by atoms with E-state index in [1.54, 1.807) is 0 Å². The third kappa shape index (κ3) is 9.19. The summed E-state index contributed by atoms with van der Waals surface area (Å²) in [5.74, 6) is 1.61. The zero-order chi connectivity index (χ0) is 17.9. The average Bonchev–Trinajstić information content (AvgIpc) is 2.61. The normalized spacial score (nSPS) is 15.6. The van der Waals surface area contributed by atoms with Gasteiger partial charge in [0.05, 0.1) is 19.8 Å². The van der Waals surface area contributed by atoms with E-state index in [0.29, 0.717) is 12.5 Å². The number of ether oxygens (including phenoxy) is 1. The van der Waals surface area contributed by atoms with Gasteiger partial charge in [-0.15, -0.1) is 24.0 Å². The van der Waals surface area contributed by atoms with E-state index in [4.69, 9.17) is 9.73 Å². The number of aliphatic imine (C=N–C) groups is 1. The highest BCUT2D eigenvalue weighted by Crippen LogP contribution is 2.10. The van der Waals surface area contributed by atoms with Crippen LogP contribution in [0.5, 0.6) is 0 Å². The number of halogens is 1. The maximum atomic E-state index is 5.40. The highest BCUT2D eigenvalue weighted by atomic mass is 127. The molecule has 0 spiro atoms. The van der Waals surface area contributed by atoms with Crippen molar-refractivity contribution in [3.05, 3.63) is 35.4 Å². The molecule has 6 heteroatoms. The molecular weight excluding hydrogens is 439 g/mol. The van der Waals surface area contributed by atoms with E-state index < -0.39 is 0 Å². The fourth-order valence-corrected chi connectivity index (χ4v) is 2.76. The van der Waals surface area contributed by atoms with Crippen LogP contribution in [0, 0.1) is 5.92 Å². The monoisotopic (exact) mass is 474 g/mol. The van der Waals surface area contributed by atoms with Gasteiger partial charge < -0.3 is 15.4 Å². The van der Waals surface area contributed by atoms with Gasteiger partial charge in [-0.1, -0.05) is 38.1 Å². The molecule has 1 heterocycles. The van der Waals surface area contributed by atoms with Crippen LogP contribution >= 0.6 is 24.0 Å². The van der Waals surface area contributed by atoms with Gasteiger partial charge in [-0.3, -0.25) is 4.90 Å². The largest absolute Gasteiger partial charge is 0.379 e. The second-order valence-corrected chi connectivity index (χ2v) is 7.01. The third-order valence-corrected chi connectivity index (χ3v) is 4.31. The molecule has 1 aromatic rings. The molecular formula is C20H35IN4O. The molecule has 2 rings (SSSR count). The molecule has 1 saturated heterocycles. The van der Waals surface area contributed by atoms with Crippen molar-refractivity contribution in [2.24, 2.45) is 10.9 Å². The molecule has 0 aliphatic carbocycles. The third-order valence-electron chi connectivity index (χ3n) is 4.31. The van der Waals surface area contributed by atoms with Crippen molar-refractivity contribution in [1.29, 1.82) is 0 Å². The van der Waals surface area contributed by atoms with Crippen molar-refractivity contribution >= 4 is 29.9 Å². The zero-order valence-corrected chi connectivity index (χ0v) is 18.8. The molecule has 0 atom stereocenters. The Hall–Kier alpha value is -0.860. The van der Waals surface area contributed by atoms with Crippen LogP contribution in [-0.4, -0.2) is 50.3 Å². The minimum Gasteiger partial charge on any atom is -0.379 e. The van der Waals surface area contributed by atoms with Gasteiger partial charge in [0.25, 0.3) is 0 Å². The van der Waals surface area contributed by atoms with E-state index in [1.165, 1.54) is 11.1 Å². The summed E-state index contributed by atoms with van der Waals surface area (Å²) in [6.45, 7) is 13.9. The average molecular weight is 474 g/mol. The summed E-state index contributed by atoms with van der Waals surface area (Å²) in [6, 6.07) is 8.83. The lowest BCUT2D eigenvalue weighted by atomic mass is 10.1. The van der Waals surface area contributed by atoms with Crippen molar-refractivity contribution in [1.82, 2.24) is 15.5 Å². The second-order valence-electron chi connectivity index (χ2n) is 7.01. The first kappa shape index (κ1) is 23.2. The van der Waals surface area contributed by atoms with Crippen LogP contribution in [0.25, 0.3) is 0 Å². The lowest BCUT2D eigenvalue weighted by Crippen LogP contribution is -2.38. The second kappa shape index (κ2) is 13.3. The summed E-state index contributed by atoms with van der Waals surface area (Å²) in [5, 5.41) is 6.72. The smallest absolute Gasteiger partial charge is 0.191 e. The standard InChI is InChI=1S/C20H34N4O.HI/c1-4-21-20(22-10-9-17(2)3)23-15-18-5-7-19(8-6-18)16-24-11-13-25-14-12-24;/h5-8,17H,4,9-16H2,1-3H3,(H2,21,22,23);1H. The fourth-order valence-electron chi connectivity index (χ4n) is 2.76. The Labute approximate surface area is 176 Å².